The maximum Gasteiger partial charge on any atom is 0.335 e. The Hall–Kier alpha value is -3.05. The Morgan fingerprint density at radius 1 is 1.20 bits per heavy atom. The lowest BCUT2D eigenvalue weighted by molar-refractivity contribution is 0.0697. The summed E-state index contributed by atoms with van der Waals surface area (Å²) in [5.41, 5.74) is 2.55. The molecule has 1 N–H and O–H groups in total. The summed E-state index contributed by atoms with van der Waals surface area (Å²) in [5.74, 6) is -0.321. The van der Waals surface area contributed by atoms with Crippen LogP contribution in [-0.2, 0) is 0 Å². The maximum atomic E-state index is 11.0. The fraction of sp³-hybridized carbons (Fsp3) is 0.0526. The molecular formula is C19H15ClN2O3. The topological polar surface area (TPSA) is 63.8 Å². The fourth-order valence-electron chi connectivity index (χ4n) is 2.40. The summed E-state index contributed by atoms with van der Waals surface area (Å²) in [5, 5.41) is 9.57. The summed E-state index contributed by atoms with van der Waals surface area (Å²) in [4.78, 5) is 15.4. The number of benzene rings is 2. The molecule has 1 aromatic heterocycles. The lowest BCUT2D eigenvalue weighted by Gasteiger charge is -2.07. The fourth-order valence-corrected chi connectivity index (χ4v) is 2.57. The molecule has 25 heavy (non-hydrogen) atoms. The Kier molecular flexibility index (Phi) is 4.86. The van der Waals surface area contributed by atoms with Gasteiger partial charge >= 0.3 is 5.97 Å². The van der Waals surface area contributed by atoms with Crippen molar-refractivity contribution in [2.24, 2.45) is 4.99 Å². The third-order valence-electron chi connectivity index (χ3n) is 3.65. The summed E-state index contributed by atoms with van der Waals surface area (Å²) < 4.78 is 7.19. The van der Waals surface area contributed by atoms with Crippen LogP contribution >= 0.6 is 11.6 Å². The van der Waals surface area contributed by atoms with Gasteiger partial charge in [-0.2, -0.15) is 0 Å². The van der Waals surface area contributed by atoms with Crippen LogP contribution in [0.1, 0.15) is 16.1 Å². The van der Waals surface area contributed by atoms with Crippen LogP contribution in [0.4, 0.5) is 5.69 Å². The van der Waals surface area contributed by atoms with Crippen LogP contribution in [-0.4, -0.2) is 29.0 Å². The van der Waals surface area contributed by atoms with Crippen molar-refractivity contribution in [3.63, 3.8) is 0 Å². The Labute approximate surface area is 149 Å². The molecule has 0 radical (unpaired) electrons. The van der Waals surface area contributed by atoms with Crippen LogP contribution in [0.25, 0.3) is 5.69 Å². The van der Waals surface area contributed by atoms with Gasteiger partial charge in [0.05, 0.1) is 24.6 Å². The lowest BCUT2D eigenvalue weighted by Crippen LogP contribution is -2.00. The Bertz CT molecular complexity index is 930. The maximum absolute atomic E-state index is 11.0. The molecule has 5 nitrogen and oxygen atoms in total. The number of nitrogens with zero attached hydrogens (tertiary/aromatic N) is 2. The molecule has 0 saturated carbocycles. The number of methoxy groups -OCH3 is 1. The van der Waals surface area contributed by atoms with E-state index >= 15 is 0 Å². The van der Waals surface area contributed by atoms with Crippen molar-refractivity contribution < 1.29 is 14.6 Å². The monoisotopic (exact) mass is 354 g/mol. The molecule has 0 amide bonds. The molecule has 0 aliphatic rings. The second-order valence-electron chi connectivity index (χ2n) is 5.23. The molecule has 3 rings (SSSR count). The standard InChI is InChI=1S/C19H15ClN2O3/c1-25-18-9-6-14(20)11-17(18)21-12-16-3-2-10-22(16)15-7-4-13(5-8-15)19(23)24/h2-12H,1H3,(H,23,24). The highest BCUT2D eigenvalue weighted by Gasteiger charge is 2.06. The summed E-state index contributed by atoms with van der Waals surface area (Å²) in [6.07, 6.45) is 3.59. The number of ether oxygens (including phenoxy) is 1. The lowest BCUT2D eigenvalue weighted by atomic mass is 10.2. The van der Waals surface area contributed by atoms with Gasteiger partial charge in [-0.05, 0) is 54.6 Å². The third-order valence-corrected chi connectivity index (χ3v) is 3.88. The highest BCUT2D eigenvalue weighted by Crippen LogP contribution is 2.30. The zero-order valence-electron chi connectivity index (χ0n) is 13.4. The number of hydrogen-bond acceptors (Lipinski definition) is 3. The number of carbonyl (C=O) groups is 1. The minimum atomic E-state index is -0.950. The second-order valence-corrected chi connectivity index (χ2v) is 5.67. The van der Waals surface area contributed by atoms with Crippen molar-refractivity contribution in [2.45, 2.75) is 0 Å². The van der Waals surface area contributed by atoms with E-state index in [1.54, 1.807) is 55.8 Å². The summed E-state index contributed by atoms with van der Waals surface area (Å²) >= 11 is 6.02. The van der Waals surface area contributed by atoms with E-state index < -0.39 is 5.97 Å². The van der Waals surface area contributed by atoms with Crippen LogP contribution in [0.2, 0.25) is 5.02 Å². The number of halogens is 1. The molecule has 0 bridgehead atoms. The van der Waals surface area contributed by atoms with E-state index in [-0.39, 0.29) is 5.56 Å². The van der Waals surface area contributed by atoms with Gasteiger partial charge in [-0.3, -0.25) is 4.99 Å². The second kappa shape index (κ2) is 7.23. The molecule has 0 atom stereocenters. The van der Waals surface area contributed by atoms with E-state index in [1.165, 1.54) is 0 Å². The first kappa shape index (κ1) is 16.8. The average Bonchev–Trinajstić information content (AvgIpc) is 3.08. The van der Waals surface area contributed by atoms with Gasteiger partial charge in [-0.25, -0.2) is 4.79 Å². The third kappa shape index (κ3) is 3.72. The summed E-state index contributed by atoms with van der Waals surface area (Å²) in [6, 6.07) is 15.7. The van der Waals surface area contributed by atoms with Gasteiger partial charge in [0.25, 0.3) is 0 Å². The molecular weight excluding hydrogens is 340 g/mol. The van der Waals surface area contributed by atoms with Gasteiger partial charge in [-0.15, -0.1) is 0 Å². The summed E-state index contributed by atoms with van der Waals surface area (Å²) in [7, 11) is 1.58. The zero-order valence-corrected chi connectivity index (χ0v) is 14.1. The number of rotatable bonds is 5. The van der Waals surface area contributed by atoms with Gasteiger partial charge in [0.15, 0.2) is 0 Å². The molecule has 0 spiro atoms. The number of aliphatic imine (C=N–C) groups is 1. The highest BCUT2D eigenvalue weighted by molar-refractivity contribution is 6.30. The van der Waals surface area contributed by atoms with Crippen LogP contribution in [0.5, 0.6) is 5.75 Å². The van der Waals surface area contributed by atoms with Gasteiger partial charge < -0.3 is 14.4 Å². The average molecular weight is 355 g/mol. The smallest absolute Gasteiger partial charge is 0.335 e. The Morgan fingerprint density at radius 3 is 2.64 bits per heavy atom. The number of hydrogen-bond donors (Lipinski definition) is 1. The molecule has 6 heteroatoms. The Balaban J connectivity index is 1.92. The normalized spacial score (nSPS) is 11.0. The van der Waals surface area contributed by atoms with Crippen molar-refractivity contribution in [1.29, 1.82) is 0 Å². The minimum absolute atomic E-state index is 0.245. The molecule has 1 heterocycles. The summed E-state index contributed by atoms with van der Waals surface area (Å²) in [6.45, 7) is 0. The molecule has 126 valence electrons. The molecule has 0 aliphatic heterocycles. The van der Waals surface area contributed by atoms with E-state index in [0.717, 1.165) is 11.4 Å². The van der Waals surface area contributed by atoms with E-state index in [9.17, 15) is 4.79 Å². The SMILES string of the molecule is COc1ccc(Cl)cc1N=Cc1cccn1-c1ccc(C(=O)O)cc1. The van der Waals surface area contributed by atoms with E-state index in [4.69, 9.17) is 21.4 Å². The number of aromatic carboxylic acids is 1. The van der Waals surface area contributed by atoms with Crippen LogP contribution in [0.15, 0.2) is 65.8 Å². The molecule has 0 unspecified atom stereocenters. The van der Waals surface area contributed by atoms with Crippen molar-refractivity contribution in [2.75, 3.05) is 7.11 Å². The highest BCUT2D eigenvalue weighted by atomic mass is 35.5. The van der Waals surface area contributed by atoms with Gasteiger partial charge in [0.2, 0.25) is 0 Å². The van der Waals surface area contributed by atoms with Gasteiger partial charge in [0.1, 0.15) is 11.4 Å². The first-order valence-corrected chi connectivity index (χ1v) is 7.85. The largest absolute Gasteiger partial charge is 0.494 e. The van der Waals surface area contributed by atoms with Crippen molar-refractivity contribution in [1.82, 2.24) is 4.57 Å². The minimum Gasteiger partial charge on any atom is -0.494 e. The van der Waals surface area contributed by atoms with Crippen LogP contribution in [0.3, 0.4) is 0 Å². The Morgan fingerprint density at radius 2 is 1.96 bits per heavy atom. The molecule has 0 saturated heterocycles. The number of carboxylic acid groups (broad SMARTS) is 1. The van der Waals surface area contributed by atoms with Crippen molar-refractivity contribution >= 4 is 29.5 Å². The molecule has 0 fully saturated rings. The zero-order chi connectivity index (χ0) is 17.8. The molecule has 3 aromatic rings. The van der Waals surface area contributed by atoms with Crippen LogP contribution in [0, 0.1) is 0 Å². The van der Waals surface area contributed by atoms with Gasteiger partial charge in [0, 0.05) is 16.9 Å². The van der Waals surface area contributed by atoms with E-state index in [1.807, 2.05) is 22.9 Å². The molecule has 0 aliphatic carbocycles. The van der Waals surface area contributed by atoms with Crippen LogP contribution < -0.4 is 4.74 Å². The van der Waals surface area contributed by atoms with Gasteiger partial charge in [-0.1, -0.05) is 11.6 Å². The first-order valence-electron chi connectivity index (χ1n) is 7.47. The van der Waals surface area contributed by atoms with Crippen molar-refractivity contribution in [3.05, 3.63) is 77.1 Å². The number of carboxylic acids is 1. The van der Waals surface area contributed by atoms with Crippen molar-refractivity contribution in [3.8, 4) is 11.4 Å². The van der Waals surface area contributed by atoms with E-state index in [2.05, 4.69) is 4.99 Å². The van der Waals surface area contributed by atoms with E-state index in [0.29, 0.717) is 16.5 Å². The predicted molar refractivity (Wildman–Crippen MR) is 98.0 cm³/mol. The predicted octanol–water partition coefficient (Wildman–Crippen LogP) is 4.59. The quantitative estimate of drug-likeness (QED) is 0.681. The first-order chi connectivity index (χ1) is 12.1. The molecule has 2 aromatic carbocycles. The number of aromatic nitrogens is 1.